The topological polar surface area (TPSA) is 38.3 Å². The Balaban J connectivity index is 3.06. The van der Waals surface area contributed by atoms with Crippen LogP contribution < -0.4 is 5.32 Å². The molecule has 0 atom stereocenters. The van der Waals surface area contributed by atoms with Crippen molar-refractivity contribution in [2.24, 2.45) is 0 Å². The lowest BCUT2D eigenvalue weighted by Gasteiger charge is -2.05. The number of unbranched alkanes of at least 4 members (excludes halogenated alkanes) is 14. The molecule has 1 N–H and O–H groups in total. The maximum Gasteiger partial charge on any atom is 0.220 e. The smallest absolute Gasteiger partial charge is 0.220 e. The van der Waals surface area contributed by atoms with Crippen LogP contribution in [0.15, 0.2) is 0 Å². The Morgan fingerprint density at radius 2 is 1.12 bits per heavy atom. The second kappa shape index (κ2) is 20.5. The number of carbonyl (C=O) groups excluding carboxylic acids is 1. The average Bonchev–Trinajstić information content (AvgIpc) is 2.58. The van der Waals surface area contributed by atoms with E-state index in [4.69, 9.17) is 4.74 Å². The van der Waals surface area contributed by atoms with Crippen molar-refractivity contribution in [2.75, 3.05) is 20.3 Å². The van der Waals surface area contributed by atoms with Crippen molar-refractivity contribution in [3.8, 4) is 0 Å². The second-order valence-electron chi connectivity index (χ2n) is 7.04. The summed E-state index contributed by atoms with van der Waals surface area (Å²) in [4.78, 5) is 11.5. The number of rotatable bonds is 19. The van der Waals surface area contributed by atoms with Crippen molar-refractivity contribution >= 4 is 5.91 Å². The third kappa shape index (κ3) is 19.5. The number of nitrogens with one attached hydrogen (secondary N) is 1. The lowest BCUT2D eigenvalue weighted by Crippen LogP contribution is -2.26. The first kappa shape index (κ1) is 23.4. The summed E-state index contributed by atoms with van der Waals surface area (Å²) in [6, 6.07) is 0. The molecule has 0 heterocycles. The number of methoxy groups -OCH3 is 1. The van der Waals surface area contributed by atoms with Crippen LogP contribution >= 0.6 is 0 Å². The SMILES string of the molecule is CCCCCCCCCCCCCCCCCC(=O)NCCOC. The van der Waals surface area contributed by atoms with Crippen LogP contribution in [0.25, 0.3) is 0 Å². The van der Waals surface area contributed by atoms with E-state index < -0.39 is 0 Å². The summed E-state index contributed by atoms with van der Waals surface area (Å²) in [5, 5.41) is 2.87. The molecular weight excluding hydrogens is 298 g/mol. The van der Waals surface area contributed by atoms with Crippen LogP contribution in [0.5, 0.6) is 0 Å². The largest absolute Gasteiger partial charge is 0.383 e. The van der Waals surface area contributed by atoms with Crippen LogP contribution in [0.2, 0.25) is 0 Å². The van der Waals surface area contributed by atoms with E-state index in [1.54, 1.807) is 7.11 Å². The van der Waals surface area contributed by atoms with Gasteiger partial charge in [0, 0.05) is 20.1 Å². The molecule has 0 unspecified atom stereocenters. The van der Waals surface area contributed by atoms with Gasteiger partial charge in [-0.2, -0.15) is 0 Å². The number of hydrogen-bond acceptors (Lipinski definition) is 2. The molecule has 0 aromatic carbocycles. The molecule has 0 spiro atoms. The molecule has 0 aliphatic heterocycles. The lowest BCUT2D eigenvalue weighted by atomic mass is 10.0. The van der Waals surface area contributed by atoms with Gasteiger partial charge in [-0.15, -0.1) is 0 Å². The first-order valence-corrected chi connectivity index (χ1v) is 10.6. The maximum absolute atomic E-state index is 11.5. The van der Waals surface area contributed by atoms with Crippen molar-refractivity contribution in [3.05, 3.63) is 0 Å². The molecule has 0 saturated carbocycles. The zero-order valence-electron chi connectivity index (χ0n) is 16.5. The van der Waals surface area contributed by atoms with Gasteiger partial charge in [0.05, 0.1) is 6.61 Å². The predicted octanol–water partition coefficient (Wildman–Crippen LogP) is 6.01. The minimum absolute atomic E-state index is 0.168. The minimum atomic E-state index is 0.168. The minimum Gasteiger partial charge on any atom is -0.383 e. The second-order valence-corrected chi connectivity index (χ2v) is 7.04. The molecule has 1 amide bonds. The Bertz CT molecular complexity index is 256. The summed E-state index contributed by atoms with van der Waals surface area (Å²) in [6.07, 6.45) is 21.1. The number of ether oxygens (including phenoxy) is 1. The Morgan fingerprint density at radius 1 is 0.708 bits per heavy atom. The predicted molar refractivity (Wildman–Crippen MR) is 104 cm³/mol. The van der Waals surface area contributed by atoms with Gasteiger partial charge in [-0.25, -0.2) is 0 Å². The van der Waals surface area contributed by atoms with Crippen LogP contribution in [0.4, 0.5) is 0 Å². The van der Waals surface area contributed by atoms with E-state index in [0.717, 1.165) is 6.42 Å². The molecule has 0 bridgehead atoms. The molecule has 0 aliphatic rings. The van der Waals surface area contributed by atoms with E-state index in [0.29, 0.717) is 19.6 Å². The summed E-state index contributed by atoms with van der Waals surface area (Å²) in [6.45, 7) is 3.51. The molecule has 0 aliphatic carbocycles. The third-order valence-electron chi connectivity index (χ3n) is 4.64. The molecule has 3 nitrogen and oxygen atoms in total. The van der Waals surface area contributed by atoms with Gasteiger partial charge in [-0.3, -0.25) is 4.79 Å². The van der Waals surface area contributed by atoms with E-state index in [2.05, 4.69) is 12.2 Å². The molecule has 0 aromatic rings. The van der Waals surface area contributed by atoms with Crippen molar-refractivity contribution in [1.82, 2.24) is 5.32 Å². The molecule has 0 saturated heterocycles. The fourth-order valence-electron chi connectivity index (χ4n) is 3.04. The summed E-state index contributed by atoms with van der Waals surface area (Å²) >= 11 is 0. The maximum atomic E-state index is 11.5. The fraction of sp³-hybridized carbons (Fsp3) is 0.952. The normalized spacial score (nSPS) is 10.9. The Kier molecular flexibility index (Phi) is 20.0. The highest BCUT2D eigenvalue weighted by Crippen LogP contribution is 2.13. The molecular formula is C21H43NO2. The third-order valence-corrected chi connectivity index (χ3v) is 4.64. The first-order valence-electron chi connectivity index (χ1n) is 10.6. The Hall–Kier alpha value is -0.570. The van der Waals surface area contributed by atoms with E-state index in [9.17, 15) is 4.79 Å². The lowest BCUT2D eigenvalue weighted by molar-refractivity contribution is -0.121. The van der Waals surface area contributed by atoms with Gasteiger partial charge in [-0.05, 0) is 6.42 Å². The first-order chi connectivity index (χ1) is 11.8. The van der Waals surface area contributed by atoms with Crippen molar-refractivity contribution < 1.29 is 9.53 Å². The van der Waals surface area contributed by atoms with Crippen molar-refractivity contribution in [3.63, 3.8) is 0 Å². The van der Waals surface area contributed by atoms with Crippen LogP contribution in [-0.2, 0) is 9.53 Å². The average molecular weight is 342 g/mol. The number of amides is 1. The highest BCUT2D eigenvalue weighted by molar-refractivity contribution is 5.75. The molecule has 0 aromatic heterocycles. The van der Waals surface area contributed by atoms with Gasteiger partial charge in [0.2, 0.25) is 5.91 Å². The number of hydrogen-bond donors (Lipinski definition) is 1. The van der Waals surface area contributed by atoms with Crippen LogP contribution in [-0.4, -0.2) is 26.2 Å². The summed E-state index contributed by atoms with van der Waals surface area (Å²) in [7, 11) is 1.65. The molecule has 144 valence electrons. The highest BCUT2D eigenvalue weighted by atomic mass is 16.5. The van der Waals surface area contributed by atoms with E-state index >= 15 is 0 Å². The van der Waals surface area contributed by atoms with Crippen LogP contribution in [0, 0.1) is 0 Å². The summed E-state index contributed by atoms with van der Waals surface area (Å²) < 4.78 is 4.91. The molecule has 0 rings (SSSR count). The molecule has 3 heteroatoms. The molecule has 24 heavy (non-hydrogen) atoms. The van der Waals surface area contributed by atoms with Gasteiger partial charge in [0.1, 0.15) is 0 Å². The van der Waals surface area contributed by atoms with Crippen molar-refractivity contribution in [2.45, 2.75) is 110 Å². The van der Waals surface area contributed by atoms with E-state index in [-0.39, 0.29) is 5.91 Å². The molecule has 0 radical (unpaired) electrons. The van der Waals surface area contributed by atoms with E-state index in [1.165, 1.54) is 89.9 Å². The zero-order chi connectivity index (χ0) is 17.7. The van der Waals surface area contributed by atoms with Gasteiger partial charge in [-0.1, -0.05) is 96.8 Å². The molecule has 0 fully saturated rings. The van der Waals surface area contributed by atoms with Gasteiger partial charge in [0.25, 0.3) is 0 Å². The van der Waals surface area contributed by atoms with Crippen LogP contribution in [0.1, 0.15) is 110 Å². The quantitative estimate of drug-likeness (QED) is 0.292. The highest BCUT2D eigenvalue weighted by Gasteiger charge is 2.00. The van der Waals surface area contributed by atoms with Gasteiger partial charge < -0.3 is 10.1 Å². The van der Waals surface area contributed by atoms with Crippen molar-refractivity contribution in [1.29, 1.82) is 0 Å². The fourth-order valence-corrected chi connectivity index (χ4v) is 3.04. The van der Waals surface area contributed by atoms with Gasteiger partial charge in [0.15, 0.2) is 0 Å². The Morgan fingerprint density at radius 3 is 1.54 bits per heavy atom. The Labute approximate surface area is 151 Å². The number of carbonyl (C=O) groups is 1. The van der Waals surface area contributed by atoms with E-state index in [1.807, 2.05) is 0 Å². The summed E-state index contributed by atoms with van der Waals surface area (Å²) in [5.41, 5.74) is 0. The standard InChI is InChI=1S/C21H43NO2/c1-3-4-5-6-7-8-9-10-11-12-13-14-15-16-17-18-21(23)22-19-20-24-2/h3-20H2,1-2H3,(H,22,23). The zero-order valence-corrected chi connectivity index (χ0v) is 16.5. The monoisotopic (exact) mass is 341 g/mol. The van der Waals surface area contributed by atoms with Crippen LogP contribution in [0.3, 0.4) is 0 Å². The summed E-state index contributed by atoms with van der Waals surface area (Å²) in [5.74, 6) is 0.168. The van der Waals surface area contributed by atoms with Gasteiger partial charge >= 0.3 is 0 Å².